The van der Waals surface area contributed by atoms with Crippen molar-refractivity contribution in [1.82, 2.24) is 9.88 Å². The molecule has 0 bridgehead atoms. The Hall–Kier alpha value is -2.46. The fourth-order valence-electron chi connectivity index (χ4n) is 3.37. The van der Waals surface area contributed by atoms with E-state index in [1.54, 1.807) is 0 Å². The van der Waals surface area contributed by atoms with Gasteiger partial charge in [0.15, 0.2) is 0 Å². The highest BCUT2D eigenvalue weighted by molar-refractivity contribution is 6.30. The van der Waals surface area contributed by atoms with E-state index in [1.807, 2.05) is 29.2 Å². The fourth-order valence-corrected chi connectivity index (χ4v) is 3.55. The van der Waals surface area contributed by atoms with E-state index in [2.05, 4.69) is 41.1 Å². The molecule has 1 N–H and O–H groups in total. The third-order valence-corrected chi connectivity index (χ3v) is 4.98. The number of fused-ring (bicyclic) bond motifs is 1. The highest BCUT2D eigenvalue weighted by Crippen LogP contribution is 2.22. The molecule has 2 aromatic carbocycles. The summed E-state index contributed by atoms with van der Waals surface area (Å²) in [6.45, 7) is 5.09. The van der Waals surface area contributed by atoms with Gasteiger partial charge >= 0.3 is 0 Å². The van der Waals surface area contributed by atoms with Gasteiger partial charge in [-0.25, -0.2) is 0 Å². The number of aromatic amines is 1. The van der Waals surface area contributed by atoms with E-state index in [1.165, 1.54) is 5.56 Å². The zero-order valence-corrected chi connectivity index (χ0v) is 14.9. The first-order valence-corrected chi connectivity index (χ1v) is 8.87. The minimum absolute atomic E-state index is 0.0691. The normalized spacial score (nSPS) is 15.0. The van der Waals surface area contributed by atoms with Crippen molar-refractivity contribution in [3.05, 3.63) is 64.8 Å². The molecule has 0 radical (unpaired) electrons. The summed E-state index contributed by atoms with van der Waals surface area (Å²) in [5, 5.41) is 1.82. The zero-order chi connectivity index (χ0) is 17.4. The van der Waals surface area contributed by atoms with E-state index in [-0.39, 0.29) is 5.91 Å². The Labute approximate surface area is 152 Å². The van der Waals surface area contributed by atoms with Crippen LogP contribution in [-0.2, 0) is 0 Å². The lowest BCUT2D eigenvalue weighted by atomic mass is 10.2. The second-order valence-corrected chi connectivity index (χ2v) is 6.97. The summed E-state index contributed by atoms with van der Waals surface area (Å²) in [7, 11) is 0. The fraction of sp³-hybridized carbons (Fsp3) is 0.250. The summed E-state index contributed by atoms with van der Waals surface area (Å²) < 4.78 is 0. The van der Waals surface area contributed by atoms with Crippen LogP contribution in [0.1, 0.15) is 16.1 Å². The van der Waals surface area contributed by atoms with Gasteiger partial charge in [-0.15, -0.1) is 0 Å². The number of halogens is 1. The van der Waals surface area contributed by atoms with Crippen molar-refractivity contribution < 1.29 is 4.79 Å². The molecule has 1 aliphatic heterocycles. The van der Waals surface area contributed by atoms with Gasteiger partial charge in [0.1, 0.15) is 5.69 Å². The van der Waals surface area contributed by atoms with Gasteiger partial charge < -0.3 is 14.8 Å². The van der Waals surface area contributed by atoms with E-state index in [9.17, 15) is 4.79 Å². The lowest BCUT2D eigenvalue weighted by Crippen LogP contribution is -2.48. The van der Waals surface area contributed by atoms with Crippen molar-refractivity contribution in [1.29, 1.82) is 0 Å². The molecule has 1 saturated heterocycles. The molecule has 0 unspecified atom stereocenters. The predicted molar refractivity (Wildman–Crippen MR) is 103 cm³/mol. The number of carbonyl (C=O) groups is 1. The summed E-state index contributed by atoms with van der Waals surface area (Å²) in [4.78, 5) is 20.3. The van der Waals surface area contributed by atoms with E-state index in [0.717, 1.165) is 34.7 Å². The molecule has 4 rings (SSSR count). The first-order valence-electron chi connectivity index (χ1n) is 8.49. The predicted octanol–water partition coefficient (Wildman–Crippen LogP) is 4.09. The molecule has 0 atom stereocenters. The molecular formula is C20H20ClN3O. The summed E-state index contributed by atoms with van der Waals surface area (Å²) >= 11 is 6.08. The van der Waals surface area contributed by atoms with Crippen LogP contribution in [-0.4, -0.2) is 42.0 Å². The monoisotopic (exact) mass is 353 g/mol. The Kier molecular flexibility index (Phi) is 4.14. The maximum absolute atomic E-state index is 12.8. The van der Waals surface area contributed by atoms with Crippen molar-refractivity contribution in [2.45, 2.75) is 6.92 Å². The van der Waals surface area contributed by atoms with Crippen LogP contribution >= 0.6 is 11.6 Å². The molecule has 1 fully saturated rings. The van der Waals surface area contributed by atoms with Crippen LogP contribution in [0.2, 0.25) is 5.02 Å². The molecule has 2 heterocycles. The van der Waals surface area contributed by atoms with Gasteiger partial charge in [-0.2, -0.15) is 0 Å². The average Bonchev–Trinajstić information content (AvgIpc) is 3.04. The summed E-state index contributed by atoms with van der Waals surface area (Å²) in [6, 6.07) is 16.0. The SMILES string of the molecule is Cc1ccc2cc(C(=O)N3CCN(c4cccc(Cl)c4)CC3)[nH]c2c1. The zero-order valence-electron chi connectivity index (χ0n) is 14.1. The Morgan fingerprint density at radius 3 is 2.60 bits per heavy atom. The average molecular weight is 354 g/mol. The number of hydrogen-bond acceptors (Lipinski definition) is 2. The van der Waals surface area contributed by atoms with Crippen LogP contribution in [0.15, 0.2) is 48.5 Å². The molecular weight excluding hydrogens is 334 g/mol. The third-order valence-electron chi connectivity index (χ3n) is 4.75. The van der Waals surface area contributed by atoms with E-state index >= 15 is 0 Å². The van der Waals surface area contributed by atoms with Crippen LogP contribution in [0.25, 0.3) is 10.9 Å². The smallest absolute Gasteiger partial charge is 0.270 e. The van der Waals surface area contributed by atoms with Crippen molar-refractivity contribution in [2.75, 3.05) is 31.1 Å². The standard InChI is InChI=1S/C20H20ClN3O/c1-14-5-6-15-12-19(22-18(15)11-14)20(25)24-9-7-23(8-10-24)17-4-2-3-16(21)13-17/h2-6,11-13,22H,7-10H2,1H3. The number of aromatic nitrogens is 1. The molecule has 0 spiro atoms. The van der Waals surface area contributed by atoms with Gasteiger partial charge in [-0.1, -0.05) is 29.8 Å². The third kappa shape index (κ3) is 3.22. The van der Waals surface area contributed by atoms with Crippen LogP contribution in [0.3, 0.4) is 0 Å². The number of H-pyrrole nitrogens is 1. The van der Waals surface area contributed by atoms with Crippen LogP contribution < -0.4 is 4.90 Å². The maximum atomic E-state index is 12.8. The van der Waals surface area contributed by atoms with Crippen molar-refractivity contribution in [3.63, 3.8) is 0 Å². The largest absolute Gasteiger partial charge is 0.368 e. The molecule has 1 aromatic heterocycles. The number of aryl methyl sites for hydroxylation is 1. The Morgan fingerprint density at radius 1 is 1.04 bits per heavy atom. The van der Waals surface area contributed by atoms with Gasteiger partial charge in [0.25, 0.3) is 5.91 Å². The van der Waals surface area contributed by atoms with Crippen LogP contribution in [0, 0.1) is 6.92 Å². The van der Waals surface area contributed by atoms with E-state index in [4.69, 9.17) is 11.6 Å². The highest BCUT2D eigenvalue weighted by atomic mass is 35.5. The number of rotatable bonds is 2. The molecule has 25 heavy (non-hydrogen) atoms. The molecule has 4 nitrogen and oxygen atoms in total. The quantitative estimate of drug-likeness (QED) is 0.753. The molecule has 3 aromatic rings. The molecule has 5 heteroatoms. The highest BCUT2D eigenvalue weighted by Gasteiger charge is 2.23. The van der Waals surface area contributed by atoms with Crippen LogP contribution in [0.4, 0.5) is 5.69 Å². The Balaban J connectivity index is 1.47. The molecule has 0 aliphatic carbocycles. The lowest BCUT2D eigenvalue weighted by molar-refractivity contribution is 0.0742. The molecule has 1 amide bonds. The molecule has 0 saturated carbocycles. The van der Waals surface area contributed by atoms with Gasteiger partial charge in [-0.3, -0.25) is 4.79 Å². The van der Waals surface area contributed by atoms with Crippen molar-refractivity contribution in [2.24, 2.45) is 0 Å². The Morgan fingerprint density at radius 2 is 1.84 bits per heavy atom. The van der Waals surface area contributed by atoms with Gasteiger partial charge in [0.05, 0.1) is 0 Å². The van der Waals surface area contributed by atoms with Gasteiger partial charge in [-0.05, 0) is 42.8 Å². The second-order valence-electron chi connectivity index (χ2n) is 6.53. The summed E-state index contributed by atoms with van der Waals surface area (Å²) in [6.07, 6.45) is 0. The molecule has 1 aliphatic rings. The number of nitrogens with one attached hydrogen (secondary N) is 1. The number of benzene rings is 2. The number of nitrogens with zero attached hydrogens (tertiary/aromatic N) is 2. The minimum Gasteiger partial charge on any atom is -0.368 e. The first-order chi connectivity index (χ1) is 12.1. The van der Waals surface area contributed by atoms with Gasteiger partial charge in [0.2, 0.25) is 0 Å². The summed E-state index contributed by atoms with van der Waals surface area (Å²) in [5.74, 6) is 0.0691. The van der Waals surface area contributed by atoms with Crippen LogP contribution in [0.5, 0.6) is 0 Å². The Bertz CT molecular complexity index is 926. The molecule has 128 valence electrons. The van der Waals surface area contributed by atoms with E-state index < -0.39 is 0 Å². The maximum Gasteiger partial charge on any atom is 0.270 e. The number of anilines is 1. The number of amides is 1. The number of hydrogen-bond donors (Lipinski definition) is 1. The topological polar surface area (TPSA) is 39.3 Å². The number of piperazine rings is 1. The van der Waals surface area contributed by atoms with Gasteiger partial charge in [0, 0.05) is 47.8 Å². The lowest BCUT2D eigenvalue weighted by Gasteiger charge is -2.36. The minimum atomic E-state index is 0.0691. The second kappa shape index (κ2) is 6.45. The van der Waals surface area contributed by atoms with E-state index in [0.29, 0.717) is 18.8 Å². The summed E-state index contributed by atoms with van der Waals surface area (Å²) in [5.41, 5.74) is 3.97. The number of carbonyl (C=O) groups excluding carboxylic acids is 1. The first kappa shape index (κ1) is 16.0. The van der Waals surface area contributed by atoms with Crippen molar-refractivity contribution >= 4 is 34.1 Å². The van der Waals surface area contributed by atoms with Crippen molar-refractivity contribution in [3.8, 4) is 0 Å².